The third kappa shape index (κ3) is 3.73. The van der Waals surface area contributed by atoms with Gasteiger partial charge in [-0.05, 0) is 12.1 Å². The van der Waals surface area contributed by atoms with E-state index < -0.39 is 10.8 Å². The predicted octanol–water partition coefficient (Wildman–Crippen LogP) is 2.45. The zero-order valence-corrected chi connectivity index (χ0v) is 13.3. The highest BCUT2D eigenvalue weighted by atomic mass is 16.6. The minimum Gasteiger partial charge on any atom is -0.507 e. The molecule has 1 amide bonds. The molecule has 0 fully saturated rings. The monoisotopic (exact) mass is 351 g/mol. The van der Waals surface area contributed by atoms with E-state index >= 15 is 0 Å². The normalized spacial score (nSPS) is 10.8. The average molecular weight is 351 g/mol. The number of aromatic amines is 1. The van der Waals surface area contributed by atoms with Crippen molar-refractivity contribution < 1.29 is 14.8 Å². The first-order chi connectivity index (χ1) is 12.5. The van der Waals surface area contributed by atoms with Crippen LogP contribution in [0.1, 0.15) is 16.1 Å². The fourth-order valence-electron chi connectivity index (χ4n) is 2.17. The summed E-state index contributed by atoms with van der Waals surface area (Å²) in [5.41, 5.74) is 3.83. The topological polar surface area (TPSA) is 134 Å². The van der Waals surface area contributed by atoms with Crippen LogP contribution in [0.2, 0.25) is 0 Å². The van der Waals surface area contributed by atoms with Crippen LogP contribution >= 0.6 is 0 Å². The van der Waals surface area contributed by atoms with Crippen LogP contribution < -0.4 is 5.43 Å². The number of nitro benzene ring substituents is 1. The second kappa shape index (κ2) is 7.26. The Balaban J connectivity index is 1.70. The highest BCUT2D eigenvalue weighted by Gasteiger charge is 2.11. The van der Waals surface area contributed by atoms with Gasteiger partial charge in [0.1, 0.15) is 11.4 Å². The van der Waals surface area contributed by atoms with Crippen LogP contribution in [0.3, 0.4) is 0 Å². The Morgan fingerprint density at radius 3 is 2.73 bits per heavy atom. The highest BCUT2D eigenvalue weighted by molar-refractivity contribution is 5.94. The minimum absolute atomic E-state index is 0.106. The van der Waals surface area contributed by atoms with Gasteiger partial charge in [0.25, 0.3) is 11.6 Å². The van der Waals surface area contributed by atoms with Crippen molar-refractivity contribution in [3.8, 4) is 17.0 Å². The van der Waals surface area contributed by atoms with Gasteiger partial charge in [-0.2, -0.15) is 10.2 Å². The zero-order valence-electron chi connectivity index (χ0n) is 13.3. The molecule has 0 aliphatic carbocycles. The lowest BCUT2D eigenvalue weighted by Crippen LogP contribution is -2.18. The molecule has 3 rings (SSSR count). The van der Waals surface area contributed by atoms with Crippen LogP contribution in [0, 0.1) is 10.1 Å². The molecule has 1 aromatic heterocycles. The third-order valence-corrected chi connectivity index (χ3v) is 3.48. The summed E-state index contributed by atoms with van der Waals surface area (Å²) in [6.45, 7) is 0. The SMILES string of the molecule is O=C(N/N=C/c1cc([N+](=O)[O-])ccc1O)c1cc(-c2ccccc2)n[nH]1. The van der Waals surface area contributed by atoms with Crippen molar-refractivity contribution in [2.75, 3.05) is 0 Å². The van der Waals surface area contributed by atoms with Gasteiger partial charge in [-0.25, -0.2) is 5.43 Å². The number of non-ortho nitro benzene ring substituents is 1. The molecule has 1 heterocycles. The Kier molecular flexibility index (Phi) is 4.70. The van der Waals surface area contributed by atoms with Crippen LogP contribution in [0.5, 0.6) is 5.75 Å². The molecule has 0 bridgehead atoms. The van der Waals surface area contributed by atoms with E-state index in [0.29, 0.717) is 5.69 Å². The van der Waals surface area contributed by atoms with Crippen LogP contribution in [0.15, 0.2) is 59.7 Å². The standard InChI is InChI=1S/C17H13N5O4/c23-16-7-6-13(22(25)26)8-12(16)10-18-21-17(24)15-9-14(19-20-15)11-4-2-1-3-5-11/h1-10,23H,(H,19,20)(H,21,24)/b18-10+. The van der Waals surface area contributed by atoms with Crippen LogP contribution in [-0.4, -0.2) is 32.3 Å². The zero-order chi connectivity index (χ0) is 18.5. The van der Waals surface area contributed by atoms with Gasteiger partial charge in [-0.1, -0.05) is 30.3 Å². The molecule has 0 aliphatic rings. The molecule has 9 heteroatoms. The molecule has 3 aromatic rings. The van der Waals surface area contributed by atoms with Gasteiger partial charge < -0.3 is 5.11 Å². The number of aromatic nitrogens is 2. The molecule has 130 valence electrons. The van der Waals surface area contributed by atoms with Crippen molar-refractivity contribution in [1.29, 1.82) is 0 Å². The van der Waals surface area contributed by atoms with E-state index in [1.807, 2.05) is 30.3 Å². The number of carbonyl (C=O) groups excluding carboxylic acids is 1. The van der Waals surface area contributed by atoms with E-state index in [4.69, 9.17) is 0 Å². The molecule has 0 spiro atoms. The molecule has 2 aromatic carbocycles. The molecular weight excluding hydrogens is 338 g/mol. The van der Waals surface area contributed by atoms with Crippen LogP contribution in [0.4, 0.5) is 5.69 Å². The number of nitrogens with zero attached hydrogens (tertiary/aromatic N) is 3. The molecule has 3 N–H and O–H groups in total. The molecule has 26 heavy (non-hydrogen) atoms. The van der Waals surface area contributed by atoms with Gasteiger partial charge >= 0.3 is 0 Å². The van der Waals surface area contributed by atoms with Gasteiger partial charge in [0.2, 0.25) is 0 Å². The second-order valence-electron chi connectivity index (χ2n) is 5.23. The number of rotatable bonds is 5. The highest BCUT2D eigenvalue weighted by Crippen LogP contribution is 2.21. The van der Waals surface area contributed by atoms with E-state index in [9.17, 15) is 20.0 Å². The molecule has 9 nitrogen and oxygen atoms in total. The molecular formula is C17H13N5O4. The molecule has 0 aliphatic heterocycles. The number of hydrogen-bond donors (Lipinski definition) is 3. The Morgan fingerprint density at radius 1 is 1.23 bits per heavy atom. The van der Waals surface area contributed by atoms with Crippen molar-refractivity contribution >= 4 is 17.8 Å². The lowest BCUT2D eigenvalue weighted by Gasteiger charge is -1.99. The summed E-state index contributed by atoms with van der Waals surface area (Å²) >= 11 is 0. The number of carbonyl (C=O) groups is 1. The van der Waals surface area contributed by atoms with Gasteiger partial charge in [0, 0.05) is 23.3 Å². The molecule has 0 unspecified atom stereocenters. The lowest BCUT2D eigenvalue weighted by atomic mass is 10.1. The van der Waals surface area contributed by atoms with Gasteiger partial charge in [0.15, 0.2) is 0 Å². The number of H-pyrrole nitrogens is 1. The largest absolute Gasteiger partial charge is 0.507 e. The predicted molar refractivity (Wildman–Crippen MR) is 93.8 cm³/mol. The molecule has 0 atom stereocenters. The second-order valence-corrected chi connectivity index (χ2v) is 5.23. The third-order valence-electron chi connectivity index (χ3n) is 3.48. The Hall–Kier alpha value is -4.01. The summed E-state index contributed by atoms with van der Waals surface area (Å²) in [5, 5.41) is 30.8. The van der Waals surface area contributed by atoms with Crippen LogP contribution in [-0.2, 0) is 0 Å². The van der Waals surface area contributed by atoms with Gasteiger partial charge in [0.05, 0.1) is 16.8 Å². The van der Waals surface area contributed by atoms with Crippen LogP contribution in [0.25, 0.3) is 11.3 Å². The molecule has 0 radical (unpaired) electrons. The summed E-state index contributed by atoms with van der Waals surface area (Å²) < 4.78 is 0. The number of phenols is 1. The summed E-state index contributed by atoms with van der Waals surface area (Å²) in [6, 6.07) is 14.4. The number of hydrogen-bond acceptors (Lipinski definition) is 6. The van der Waals surface area contributed by atoms with E-state index in [1.54, 1.807) is 6.07 Å². The molecule has 0 saturated heterocycles. The number of hydrazone groups is 1. The fourth-order valence-corrected chi connectivity index (χ4v) is 2.17. The first-order valence-corrected chi connectivity index (χ1v) is 7.46. The molecule has 0 saturated carbocycles. The average Bonchev–Trinajstić information content (AvgIpc) is 3.14. The number of phenolic OH excluding ortho intramolecular Hbond substituents is 1. The summed E-state index contributed by atoms with van der Waals surface area (Å²) in [4.78, 5) is 22.2. The Bertz CT molecular complexity index is 982. The number of nitro groups is 1. The van der Waals surface area contributed by atoms with Crippen molar-refractivity contribution in [3.05, 3.63) is 76.0 Å². The lowest BCUT2D eigenvalue weighted by molar-refractivity contribution is -0.384. The number of amides is 1. The first-order valence-electron chi connectivity index (χ1n) is 7.46. The quantitative estimate of drug-likeness (QED) is 0.369. The van der Waals surface area contributed by atoms with Crippen molar-refractivity contribution in [1.82, 2.24) is 15.6 Å². The van der Waals surface area contributed by atoms with Gasteiger partial charge in [-0.3, -0.25) is 20.0 Å². The maximum absolute atomic E-state index is 12.1. The van der Waals surface area contributed by atoms with Crippen molar-refractivity contribution in [2.24, 2.45) is 5.10 Å². The van der Waals surface area contributed by atoms with Crippen molar-refractivity contribution in [2.45, 2.75) is 0 Å². The summed E-state index contributed by atoms with van der Waals surface area (Å²) in [7, 11) is 0. The Morgan fingerprint density at radius 2 is 2.00 bits per heavy atom. The maximum Gasteiger partial charge on any atom is 0.289 e. The smallest absolute Gasteiger partial charge is 0.289 e. The van der Waals surface area contributed by atoms with E-state index in [2.05, 4.69) is 20.7 Å². The maximum atomic E-state index is 12.1. The summed E-state index contributed by atoms with van der Waals surface area (Å²) in [6.07, 6.45) is 1.12. The summed E-state index contributed by atoms with van der Waals surface area (Å²) in [5.74, 6) is -0.734. The fraction of sp³-hybridized carbons (Fsp3) is 0. The first kappa shape index (κ1) is 16.8. The van der Waals surface area contributed by atoms with E-state index in [-0.39, 0.29) is 22.7 Å². The Labute approximate surface area is 147 Å². The number of nitrogens with one attached hydrogen (secondary N) is 2. The number of aromatic hydroxyl groups is 1. The minimum atomic E-state index is -0.592. The van der Waals surface area contributed by atoms with Crippen molar-refractivity contribution in [3.63, 3.8) is 0 Å². The van der Waals surface area contributed by atoms with Gasteiger partial charge in [-0.15, -0.1) is 0 Å². The van der Waals surface area contributed by atoms with E-state index in [1.165, 1.54) is 12.1 Å². The van der Waals surface area contributed by atoms with E-state index in [0.717, 1.165) is 17.8 Å². The number of benzene rings is 2.